The van der Waals surface area contributed by atoms with E-state index >= 15 is 0 Å². The average Bonchev–Trinajstić information content (AvgIpc) is 1.73. The second kappa shape index (κ2) is 0.647. The van der Waals surface area contributed by atoms with Crippen molar-refractivity contribution in [2.24, 2.45) is 0 Å². The number of rotatable bonds is 0. The standard InChI is InChI=1S/C4H4F2/c1-3-2-4(3,5)6/h1-2H2. The number of alkyl halides is 2. The lowest BCUT2D eigenvalue weighted by Crippen LogP contribution is -1.81. The van der Waals surface area contributed by atoms with Gasteiger partial charge in [-0.3, -0.25) is 0 Å². The summed E-state index contributed by atoms with van der Waals surface area (Å²) in [6, 6.07) is 0. The maximum atomic E-state index is 11.4. The summed E-state index contributed by atoms with van der Waals surface area (Å²) in [5.41, 5.74) is 0.0718. The Morgan fingerprint density at radius 1 is 1.67 bits per heavy atom. The molecule has 0 aromatic rings. The maximum absolute atomic E-state index is 11.4. The molecule has 1 rings (SSSR count). The Kier molecular flexibility index (Phi) is 0.407. The van der Waals surface area contributed by atoms with E-state index in [0.717, 1.165) is 0 Å². The molecule has 2 heteroatoms. The summed E-state index contributed by atoms with van der Waals surface area (Å²) in [6.07, 6.45) is -0.0903. The van der Waals surface area contributed by atoms with Gasteiger partial charge in [0.1, 0.15) is 0 Å². The zero-order valence-corrected chi connectivity index (χ0v) is 3.17. The van der Waals surface area contributed by atoms with Crippen LogP contribution in [0.3, 0.4) is 0 Å². The molecule has 0 unspecified atom stereocenters. The molecule has 0 bridgehead atoms. The van der Waals surface area contributed by atoms with Crippen molar-refractivity contribution in [2.45, 2.75) is 12.3 Å². The molecule has 6 heavy (non-hydrogen) atoms. The molecule has 0 aromatic heterocycles. The van der Waals surface area contributed by atoms with Gasteiger partial charge >= 0.3 is 0 Å². The topological polar surface area (TPSA) is 0 Å². The molecular weight excluding hydrogens is 86.0 g/mol. The van der Waals surface area contributed by atoms with E-state index in [1.54, 1.807) is 0 Å². The Bertz CT molecular complexity index is 93.7. The Hall–Kier alpha value is -0.400. The van der Waals surface area contributed by atoms with Crippen molar-refractivity contribution in [1.29, 1.82) is 0 Å². The van der Waals surface area contributed by atoms with Crippen molar-refractivity contribution in [3.8, 4) is 0 Å². The molecule has 1 fully saturated rings. The fourth-order valence-electron chi connectivity index (χ4n) is 0.224. The molecular formula is C4H4F2. The first-order valence-corrected chi connectivity index (χ1v) is 1.69. The highest BCUT2D eigenvalue weighted by atomic mass is 19.3. The Morgan fingerprint density at radius 2 is 1.83 bits per heavy atom. The lowest BCUT2D eigenvalue weighted by molar-refractivity contribution is 0.136. The number of halogens is 2. The summed E-state index contributed by atoms with van der Waals surface area (Å²) in [5.74, 6) is -2.49. The zero-order chi connectivity index (χ0) is 4.78. The van der Waals surface area contributed by atoms with Crippen LogP contribution in [0.1, 0.15) is 6.42 Å². The van der Waals surface area contributed by atoms with Crippen molar-refractivity contribution in [3.63, 3.8) is 0 Å². The van der Waals surface area contributed by atoms with E-state index < -0.39 is 5.92 Å². The van der Waals surface area contributed by atoms with E-state index in [2.05, 4.69) is 6.58 Å². The van der Waals surface area contributed by atoms with Crippen molar-refractivity contribution < 1.29 is 8.78 Å². The molecule has 1 aliphatic rings. The highest BCUT2D eigenvalue weighted by Gasteiger charge is 2.48. The SMILES string of the molecule is C=C1CC1(F)F. The van der Waals surface area contributed by atoms with E-state index in [9.17, 15) is 8.78 Å². The molecule has 0 N–H and O–H groups in total. The van der Waals surface area contributed by atoms with E-state index in [1.165, 1.54) is 0 Å². The van der Waals surface area contributed by atoms with Crippen LogP contribution in [0.4, 0.5) is 8.78 Å². The smallest absolute Gasteiger partial charge is 0.201 e. The summed E-state index contributed by atoms with van der Waals surface area (Å²) in [4.78, 5) is 0. The molecule has 0 radical (unpaired) electrons. The second-order valence-electron chi connectivity index (χ2n) is 1.48. The molecule has 0 heterocycles. The van der Waals surface area contributed by atoms with Crippen LogP contribution in [-0.4, -0.2) is 5.92 Å². The van der Waals surface area contributed by atoms with Crippen LogP contribution in [0.5, 0.6) is 0 Å². The molecule has 0 atom stereocenters. The number of allylic oxidation sites excluding steroid dienone is 1. The van der Waals surface area contributed by atoms with Gasteiger partial charge in [-0.05, 0) is 5.57 Å². The van der Waals surface area contributed by atoms with Crippen molar-refractivity contribution in [2.75, 3.05) is 0 Å². The van der Waals surface area contributed by atoms with E-state index in [1.807, 2.05) is 0 Å². The fourth-order valence-corrected chi connectivity index (χ4v) is 0.224. The molecule has 1 saturated carbocycles. The first kappa shape index (κ1) is 3.78. The highest BCUT2D eigenvalue weighted by Crippen LogP contribution is 2.46. The predicted molar refractivity (Wildman–Crippen MR) is 18.7 cm³/mol. The summed E-state index contributed by atoms with van der Waals surface area (Å²) in [5, 5.41) is 0. The lowest BCUT2D eigenvalue weighted by Gasteiger charge is -1.77. The van der Waals surface area contributed by atoms with Gasteiger partial charge in [-0.25, -0.2) is 8.78 Å². The van der Waals surface area contributed by atoms with Gasteiger partial charge in [0.05, 0.1) is 0 Å². The molecule has 0 nitrogen and oxygen atoms in total. The van der Waals surface area contributed by atoms with Gasteiger partial charge < -0.3 is 0 Å². The second-order valence-corrected chi connectivity index (χ2v) is 1.48. The van der Waals surface area contributed by atoms with Gasteiger partial charge in [0.15, 0.2) is 0 Å². The van der Waals surface area contributed by atoms with Crippen LogP contribution in [0.2, 0.25) is 0 Å². The van der Waals surface area contributed by atoms with Gasteiger partial charge in [0.2, 0.25) is 0 Å². The molecule has 1 aliphatic carbocycles. The molecule has 0 saturated heterocycles. The van der Waals surface area contributed by atoms with Crippen LogP contribution in [0.15, 0.2) is 12.2 Å². The van der Waals surface area contributed by atoms with E-state index in [4.69, 9.17) is 0 Å². The quantitative estimate of drug-likeness (QED) is 0.396. The largest absolute Gasteiger partial charge is 0.273 e. The van der Waals surface area contributed by atoms with E-state index in [-0.39, 0.29) is 12.0 Å². The van der Waals surface area contributed by atoms with Crippen LogP contribution < -0.4 is 0 Å². The minimum atomic E-state index is -2.49. The summed E-state index contributed by atoms with van der Waals surface area (Å²) in [7, 11) is 0. The third kappa shape index (κ3) is 0.329. The third-order valence-electron chi connectivity index (χ3n) is 0.828. The van der Waals surface area contributed by atoms with Gasteiger partial charge in [-0.15, -0.1) is 0 Å². The van der Waals surface area contributed by atoms with Crippen LogP contribution in [0.25, 0.3) is 0 Å². The van der Waals surface area contributed by atoms with E-state index in [0.29, 0.717) is 0 Å². The van der Waals surface area contributed by atoms with Crippen molar-refractivity contribution >= 4 is 0 Å². The third-order valence-corrected chi connectivity index (χ3v) is 0.828. The van der Waals surface area contributed by atoms with Crippen LogP contribution in [-0.2, 0) is 0 Å². The van der Waals surface area contributed by atoms with Crippen LogP contribution >= 0.6 is 0 Å². The minimum Gasteiger partial charge on any atom is -0.201 e. The Morgan fingerprint density at radius 3 is 1.83 bits per heavy atom. The van der Waals surface area contributed by atoms with Gasteiger partial charge in [-0.2, -0.15) is 0 Å². The van der Waals surface area contributed by atoms with Gasteiger partial charge in [0, 0.05) is 6.42 Å². The normalized spacial score (nSPS) is 27.3. The molecule has 0 spiro atoms. The number of hydrogen-bond donors (Lipinski definition) is 0. The maximum Gasteiger partial charge on any atom is 0.273 e. The van der Waals surface area contributed by atoms with Crippen molar-refractivity contribution in [3.05, 3.63) is 12.2 Å². The molecule has 34 valence electrons. The molecule has 0 aliphatic heterocycles. The fraction of sp³-hybridized carbons (Fsp3) is 0.500. The van der Waals surface area contributed by atoms with Crippen molar-refractivity contribution in [1.82, 2.24) is 0 Å². The number of hydrogen-bond acceptors (Lipinski definition) is 0. The average molecular weight is 90.1 g/mol. The zero-order valence-electron chi connectivity index (χ0n) is 3.17. The summed E-state index contributed by atoms with van der Waals surface area (Å²) in [6.45, 7) is 3.07. The summed E-state index contributed by atoms with van der Waals surface area (Å²) >= 11 is 0. The summed E-state index contributed by atoms with van der Waals surface area (Å²) < 4.78 is 22.9. The minimum absolute atomic E-state index is 0.0718. The first-order valence-electron chi connectivity index (χ1n) is 1.69. The Labute approximate surface area is 34.5 Å². The lowest BCUT2D eigenvalue weighted by atomic mass is 10.7. The van der Waals surface area contributed by atoms with Crippen LogP contribution in [0, 0.1) is 0 Å². The van der Waals surface area contributed by atoms with Gasteiger partial charge in [0.25, 0.3) is 5.92 Å². The Balaban J connectivity index is 2.63. The highest BCUT2D eigenvalue weighted by molar-refractivity contribution is 5.26. The molecule has 0 aromatic carbocycles. The predicted octanol–water partition coefficient (Wildman–Crippen LogP) is 1.58. The molecule has 0 amide bonds. The monoisotopic (exact) mass is 90.0 g/mol. The first-order chi connectivity index (χ1) is 2.63. The van der Waals surface area contributed by atoms with Gasteiger partial charge in [-0.1, -0.05) is 6.58 Å².